The van der Waals surface area contributed by atoms with Crippen molar-refractivity contribution in [2.75, 3.05) is 19.5 Å². The molecule has 0 aliphatic carbocycles. The van der Waals surface area contributed by atoms with E-state index in [1.807, 2.05) is 42.5 Å². The zero-order chi connectivity index (χ0) is 15.1. The molecule has 4 heteroatoms. The van der Waals surface area contributed by atoms with Gasteiger partial charge in [0.2, 0.25) is 0 Å². The summed E-state index contributed by atoms with van der Waals surface area (Å²) < 4.78 is 5.17. The zero-order valence-corrected chi connectivity index (χ0v) is 12.7. The van der Waals surface area contributed by atoms with Crippen molar-refractivity contribution in [3.63, 3.8) is 0 Å². The number of benzene rings is 2. The molecule has 0 saturated heterocycles. The van der Waals surface area contributed by atoms with E-state index in [0.717, 1.165) is 5.56 Å². The van der Waals surface area contributed by atoms with Crippen LogP contribution in [0.4, 0.5) is 0 Å². The van der Waals surface area contributed by atoms with Gasteiger partial charge in [0.05, 0.1) is 7.11 Å². The number of amides is 1. The lowest BCUT2D eigenvalue weighted by atomic mass is 10.1. The van der Waals surface area contributed by atoms with Crippen molar-refractivity contribution >= 4 is 17.5 Å². The third-order valence-corrected chi connectivity index (χ3v) is 3.34. The predicted octanol–water partition coefficient (Wildman–Crippen LogP) is 3.58. The van der Waals surface area contributed by atoms with Crippen LogP contribution in [0, 0.1) is 0 Å². The van der Waals surface area contributed by atoms with Gasteiger partial charge in [0.25, 0.3) is 5.91 Å². The van der Waals surface area contributed by atoms with E-state index in [1.165, 1.54) is 0 Å². The van der Waals surface area contributed by atoms with Crippen molar-refractivity contribution in [2.24, 2.45) is 0 Å². The summed E-state index contributed by atoms with van der Waals surface area (Å²) in [5, 5.41) is 0. The van der Waals surface area contributed by atoms with Gasteiger partial charge < -0.3 is 9.64 Å². The van der Waals surface area contributed by atoms with Crippen molar-refractivity contribution in [1.82, 2.24) is 4.90 Å². The van der Waals surface area contributed by atoms with Crippen LogP contribution >= 0.6 is 11.6 Å². The van der Waals surface area contributed by atoms with E-state index in [4.69, 9.17) is 16.3 Å². The highest BCUT2D eigenvalue weighted by atomic mass is 35.5. The third-order valence-electron chi connectivity index (χ3n) is 3.17. The maximum Gasteiger partial charge on any atom is 0.254 e. The molecule has 0 N–H and O–H groups in total. The molecule has 2 rings (SSSR count). The molecular formula is C17H18ClNO2. The second-order valence-corrected chi connectivity index (χ2v) is 5.01. The van der Waals surface area contributed by atoms with Crippen LogP contribution in [0.2, 0.25) is 0 Å². The molecule has 0 atom stereocenters. The Morgan fingerprint density at radius 1 is 1.14 bits per heavy atom. The first-order valence-electron chi connectivity index (χ1n) is 6.78. The third kappa shape index (κ3) is 4.23. The fraction of sp³-hybridized carbons (Fsp3) is 0.235. The SMILES string of the molecule is COc1cccc(C(=O)N(CCCl)Cc2ccccc2)c1. The Morgan fingerprint density at radius 3 is 2.57 bits per heavy atom. The minimum absolute atomic E-state index is 0.0431. The Balaban J connectivity index is 2.18. The minimum Gasteiger partial charge on any atom is -0.497 e. The molecule has 3 nitrogen and oxygen atoms in total. The zero-order valence-electron chi connectivity index (χ0n) is 12.0. The van der Waals surface area contributed by atoms with Gasteiger partial charge in [0, 0.05) is 24.5 Å². The van der Waals surface area contributed by atoms with Crippen molar-refractivity contribution in [3.05, 3.63) is 65.7 Å². The Hall–Kier alpha value is -2.00. The van der Waals surface area contributed by atoms with Gasteiger partial charge in [-0.05, 0) is 23.8 Å². The Labute approximate surface area is 130 Å². The number of hydrogen-bond acceptors (Lipinski definition) is 2. The summed E-state index contributed by atoms with van der Waals surface area (Å²) in [6, 6.07) is 17.0. The molecule has 0 aliphatic heterocycles. The molecule has 0 aromatic heterocycles. The van der Waals surface area contributed by atoms with Crippen LogP contribution in [0.1, 0.15) is 15.9 Å². The highest BCUT2D eigenvalue weighted by Crippen LogP contribution is 2.16. The van der Waals surface area contributed by atoms with Gasteiger partial charge in [-0.3, -0.25) is 4.79 Å². The maximum absolute atomic E-state index is 12.6. The summed E-state index contributed by atoms with van der Waals surface area (Å²) in [5.74, 6) is 1.03. The van der Waals surface area contributed by atoms with Gasteiger partial charge in [0.1, 0.15) is 5.75 Å². The van der Waals surface area contributed by atoms with Gasteiger partial charge in [-0.1, -0.05) is 36.4 Å². The molecule has 0 radical (unpaired) electrons. The van der Waals surface area contributed by atoms with E-state index in [-0.39, 0.29) is 5.91 Å². The molecule has 2 aromatic rings. The molecule has 0 saturated carbocycles. The van der Waals surface area contributed by atoms with E-state index in [9.17, 15) is 4.79 Å². The summed E-state index contributed by atoms with van der Waals surface area (Å²) in [4.78, 5) is 14.4. The second-order valence-electron chi connectivity index (χ2n) is 4.63. The Morgan fingerprint density at radius 2 is 1.90 bits per heavy atom. The number of carbonyl (C=O) groups is 1. The van der Waals surface area contributed by atoms with Gasteiger partial charge in [-0.25, -0.2) is 0 Å². The molecule has 0 fully saturated rings. The Bertz CT molecular complexity index is 586. The molecule has 21 heavy (non-hydrogen) atoms. The van der Waals surface area contributed by atoms with Gasteiger partial charge in [0.15, 0.2) is 0 Å². The van der Waals surface area contributed by atoms with E-state index >= 15 is 0 Å². The lowest BCUT2D eigenvalue weighted by Crippen LogP contribution is -2.32. The predicted molar refractivity (Wildman–Crippen MR) is 84.9 cm³/mol. The number of nitrogens with zero attached hydrogens (tertiary/aromatic N) is 1. The highest BCUT2D eigenvalue weighted by Gasteiger charge is 2.16. The number of hydrogen-bond donors (Lipinski definition) is 0. The molecule has 0 heterocycles. The van der Waals surface area contributed by atoms with Crippen LogP contribution in [0.5, 0.6) is 5.75 Å². The van der Waals surface area contributed by atoms with Crippen molar-refractivity contribution in [2.45, 2.75) is 6.54 Å². The number of methoxy groups -OCH3 is 1. The fourth-order valence-electron chi connectivity index (χ4n) is 2.10. The standard InChI is InChI=1S/C17H18ClNO2/c1-21-16-9-5-8-15(12-16)17(20)19(11-10-18)13-14-6-3-2-4-7-14/h2-9,12H,10-11,13H2,1H3. The first-order valence-corrected chi connectivity index (χ1v) is 7.31. The lowest BCUT2D eigenvalue weighted by molar-refractivity contribution is 0.0753. The Kier molecular flexibility index (Phi) is 5.64. The average molecular weight is 304 g/mol. The molecule has 0 aliphatic rings. The quantitative estimate of drug-likeness (QED) is 0.763. The van der Waals surface area contributed by atoms with Crippen molar-refractivity contribution < 1.29 is 9.53 Å². The average Bonchev–Trinajstić information content (AvgIpc) is 2.55. The van der Waals surface area contributed by atoms with Crippen LogP contribution in [0.15, 0.2) is 54.6 Å². The summed E-state index contributed by atoms with van der Waals surface area (Å²) >= 11 is 5.83. The second kappa shape index (κ2) is 7.70. The smallest absolute Gasteiger partial charge is 0.254 e. The maximum atomic E-state index is 12.6. The van der Waals surface area contributed by atoms with Gasteiger partial charge in [-0.2, -0.15) is 0 Å². The van der Waals surface area contributed by atoms with E-state index in [0.29, 0.717) is 30.3 Å². The van der Waals surface area contributed by atoms with Crippen LogP contribution in [0.25, 0.3) is 0 Å². The molecular weight excluding hydrogens is 286 g/mol. The number of carbonyl (C=O) groups excluding carboxylic acids is 1. The van der Waals surface area contributed by atoms with Crippen molar-refractivity contribution in [1.29, 1.82) is 0 Å². The minimum atomic E-state index is -0.0431. The van der Waals surface area contributed by atoms with E-state index < -0.39 is 0 Å². The van der Waals surface area contributed by atoms with Gasteiger partial charge in [-0.15, -0.1) is 11.6 Å². The van der Waals surface area contributed by atoms with Crippen LogP contribution in [-0.2, 0) is 6.54 Å². The molecule has 2 aromatic carbocycles. The molecule has 0 unspecified atom stereocenters. The summed E-state index contributed by atoms with van der Waals surface area (Å²) in [6.45, 7) is 1.05. The molecule has 110 valence electrons. The topological polar surface area (TPSA) is 29.5 Å². The summed E-state index contributed by atoms with van der Waals surface area (Å²) in [5.41, 5.74) is 1.69. The normalized spacial score (nSPS) is 10.2. The molecule has 0 bridgehead atoms. The first-order chi connectivity index (χ1) is 10.2. The summed E-state index contributed by atoms with van der Waals surface area (Å²) in [6.07, 6.45) is 0. The number of halogens is 1. The monoisotopic (exact) mass is 303 g/mol. The van der Waals surface area contributed by atoms with E-state index in [2.05, 4.69) is 0 Å². The van der Waals surface area contributed by atoms with Crippen LogP contribution < -0.4 is 4.74 Å². The first kappa shape index (κ1) is 15.4. The summed E-state index contributed by atoms with van der Waals surface area (Å²) in [7, 11) is 1.59. The highest BCUT2D eigenvalue weighted by molar-refractivity contribution is 6.18. The number of alkyl halides is 1. The number of ether oxygens (including phenoxy) is 1. The van der Waals surface area contributed by atoms with E-state index in [1.54, 1.807) is 24.1 Å². The number of rotatable bonds is 6. The fourth-order valence-corrected chi connectivity index (χ4v) is 2.30. The largest absolute Gasteiger partial charge is 0.497 e. The van der Waals surface area contributed by atoms with Crippen molar-refractivity contribution in [3.8, 4) is 5.75 Å². The lowest BCUT2D eigenvalue weighted by Gasteiger charge is -2.22. The van der Waals surface area contributed by atoms with Gasteiger partial charge >= 0.3 is 0 Å². The van der Waals surface area contributed by atoms with Crippen LogP contribution in [0.3, 0.4) is 0 Å². The molecule has 0 spiro atoms. The molecule has 1 amide bonds. The van der Waals surface area contributed by atoms with Crippen LogP contribution in [-0.4, -0.2) is 30.3 Å².